The van der Waals surface area contributed by atoms with Crippen molar-refractivity contribution in [2.24, 2.45) is 0 Å². The number of pyridine rings is 1. The Morgan fingerprint density at radius 3 is 2.50 bits per heavy atom. The summed E-state index contributed by atoms with van der Waals surface area (Å²) in [6.07, 6.45) is 1.54. The molecule has 1 saturated heterocycles. The average Bonchev–Trinajstić information content (AvgIpc) is 3.06. The van der Waals surface area contributed by atoms with E-state index in [1.54, 1.807) is 41.4 Å². The molecule has 9 heteroatoms. The second-order valence-electron chi connectivity index (χ2n) is 7.61. The van der Waals surface area contributed by atoms with Crippen LogP contribution in [0.5, 0.6) is 5.75 Å². The Kier molecular flexibility index (Phi) is 7.12. The van der Waals surface area contributed by atoms with Gasteiger partial charge in [-0.2, -0.15) is 0 Å². The fraction of sp³-hybridized carbons (Fsp3) is 0.200. The zero-order valence-corrected chi connectivity index (χ0v) is 19.3. The zero-order valence-electron chi connectivity index (χ0n) is 18.5. The number of hydrogen-bond acceptors (Lipinski definition) is 5. The monoisotopic (exact) mass is 478 g/mol. The van der Waals surface area contributed by atoms with E-state index < -0.39 is 11.9 Å². The molecule has 0 bridgehead atoms. The molecule has 34 heavy (non-hydrogen) atoms. The van der Waals surface area contributed by atoms with Crippen LogP contribution in [0.4, 0.5) is 15.8 Å². The normalized spacial score (nSPS) is 15.5. The number of aromatic nitrogens is 1. The van der Waals surface area contributed by atoms with Crippen molar-refractivity contribution in [3.05, 3.63) is 84.4 Å². The van der Waals surface area contributed by atoms with Gasteiger partial charge in [-0.25, -0.2) is 4.39 Å². The molecule has 0 saturated carbocycles. The lowest BCUT2D eigenvalue weighted by molar-refractivity contribution is -0.124. The van der Waals surface area contributed by atoms with E-state index >= 15 is 0 Å². The van der Waals surface area contributed by atoms with E-state index in [0.717, 1.165) is 0 Å². The Hall–Kier alpha value is -3.85. The second-order valence-corrected chi connectivity index (χ2v) is 7.97. The van der Waals surface area contributed by atoms with Gasteiger partial charge in [-0.3, -0.25) is 19.5 Å². The number of nitrogens with zero attached hydrogens (tertiary/aromatic N) is 3. The van der Waals surface area contributed by atoms with E-state index in [1.165, 1.54) is 29.2 Å². The molecular weight excluding hydrogens is 455 g/mol. The first-order valence-electron chi connectivity index (χ1n) is 10.8. The topological polar surface area (TPSA) is 74.8 Å². The minimum atomic E-state index is -0.831. The number of halogens is 1. The van der Waals surface area contributed by atoms with E-state index in [1.807, 2.05) is 19.1 Å². The van der Waals surface area contributed by atoms with Crippen molar-refractivity contribution in [3.63, 3.8) is 0 Å². The van der Waals surface area contributed by atoms with E-state index in [9.17, 15) is 14.0 Å². The molecule has 0 unspecified atom stereocenters. The van der Waals surface area contributed by atoms with E-state index in [-0.39, 0.29) is 29.9 Å². The number of benzene rings is 2. The van der Waals surface area contributed by atoms with Gasteiger partial charge in [-0.05, 0) is 79.8 Å². The molecule has 2 amide bonds. The van der Waals surface area contributed by atoms with E-state index in [4.69, 9.17) is 17.0 Å². The molecule has 3 aromatic rings. The van der Waals surface area contributed by atoms with Crippen molar-refractivity contribution in [1.29, 1.82) is 0 Å². The van der Waals surface area contributed by atoms with Gasteiger partial charge in [0.25, 0.3) is 5.91 Å². The molecule has 1 atom stereocenters. The summed E-state index contributed by atoms with van der Waals surface area (Å²) in [5.74, 6) is -0.405. The summed E-state index contributed by atoms with van der Waals surface area (Å²) in [5.41, 5.74) is 1.74. The minimum absolute atomic E-state index is 0.114. The standard InChI is InChI=1S/C25H23FN4O3S/c1-2-33-21-12-8-18(9-13-21)28-23(31)15-22-24(32)30(20-10-6-17(26)7-11-20)25(34)29(22)16-19-5-3-4-14-27-19/h3-14,22H,2,15-16H2,1H3,(H,28,31)/t22-/m0/s1. The molecule has 1 fully saturated rings. The van der Waals surface area contributed by atoms with Gasteiger partial charge in [0, 0.05) is 11.9 Å². The molecule has 0 aliphatic carbocycles. The lowest BCUT2D eigenvalue weighted by Crippen LogP contribution is -2.37. The van der Waals surface area contributed by atoms with Crippen molar-refractivity contribution < 1.29 is 18.7 Å². The predicted octanol–water partition coefficient (Wildman–Crippen LogP) is 4.15. The van der Waals surface area contributed by atoms with Crippen molar-refractivity contribution in [3.8, 4) is 5.75 Å². The number of anilines is 2. The van der Waals surface area contributed by atoms with Gasteiger partial charge in [-0.1, -0.05) is 6.07 Å². The van der Waals surface area contributed by atoms with Crippen LogP contribution in [0.2, 0.25) is 0 Å². The summed E-state index contributed by atoms with van der Waals surface area (Å²) in [6, 6.07) is 17.1. The predicted molar refractivity (Wildman–Crippen MR) is 131 cm³/mol. The number of carbonyl (C=O) groups is 2. The minimum Gasteiger partial charge on any atom is -0.494 e. The van der Waals surface area contributed by atoms with Crippen LogP contribution in [0, 0.1) is 5.82 Å². The third kappa shape index (κ3) is 5.20. The molecule has 1 N–H and O–H groups in total. The Bertz CT molecular complexity index is 1170. The number of carbonyl (C=O) groups excluding carboxylic acids is 2. The number of hydrogen-bond donors (Lipinski definition) is 1. The lowest BCUT2D eigenvalue weighted by atomic mass is 10.1. The number of amides is 2. The van der Waals surface area contributed by atoms with Crippen LogP contribution in [0.15, 0.2) is 72.9 Å². The summed E-state index contributed by atoms with van der Waals surface area (Å²) in [6.45, 7) is 2.70. The van der Waals surface area contributed by atoms with Gasteiger partial charge < -0.3 is 15.0 Å². The summed E-state index contributed by atoms with van der Waals surface area (Å²) in [5, 5.41) is 3.06. The summed E-state index contributed by atoms with van der Waals surface area (Å²) >= 11 is 5.62. The largest absolute Gasteiger partial charge is 0.494 e. The highest BCUT2D eigenvalue weighted by Crippen LogP contribution is 2.29. The van der Waals surface area contributed by atoms with Crippen molar-refractivity contribution in [1.82, 2.24) is 9.88 Å². The quantitative estimate of drug-likeness (QED) is 0.491. The van der Waals surface area contributed by atoms with Gasteiger partial charge in [0.2, 0.25) is 5.91 Å². The van der Waals surface area contributed by atoms with Crippen molar-refractivity contribution in [2.45, 2.75) is 25.9 Å². The molecule has 2 heterocycles. The van der Waals surface area contributed by atoms with Gasteiger partial charge in [0.1, 0.15) is 17.6 Å². The summed E-state index contributed by atoms with van der Waals surface area (Å²) in [7, 11) is 0. The Labute approximate surface area is 202 Å². The van der Waals surface area contributed by atoms with E-state index in [0.29, 0.717) is 29.4 Å². The first-order chi connectivity index (χ1) is 16.5. The summed E-state index contributed by atoms with van der Waals surface area (Å²) in [4.78, 5) is 33.6. The van der Waals surface area contributed by atoms with Crippen LogP contribution in [-0.4, -0.2) is 39.5 Å². The van der Waals surface area contributed by atoms with Crippen molar-refractivity contribution in [2.75, 3.05) is 16.8 Å². The Balaban J connectivity index is 1.55. The fourth-order valence-electron chi connectivity index (χ4n) is 3.70. The van der Waals surface area contributed by atoms with Crippen molar-refractivity contribution >= 4 is 40.5 Å². The van der Waals surface area contributed by atoms with Crippen LogP contribution in [-0.2, 0) is 16.1 Å². The number of ether oxygens (including phenoxy) is 1. The number of nitrogens with one attached hydrogen (secondary N) is 1. The van der Waals surface area contributed by atoms with E-state index in [2.05, 4.69) is 10.3 Å². The summed E-state index contributed by atoms with van der Waals surface area (Å²) < 4.78 is 18.9. The molecule has 2 aromatic carbocycles. The maximum absolute atomic E-state index is 13.4. The first-order valence-corrected chi connectivity index (χ1v) is 11.2. The number of thiocarbonyl (C=S) groups is 1. The molecule has 1 aliphatic rings. The highest BCUT2D eigenvalue weighted by molar-refractivity contribution is 7.80. The zero-order chi connectivity index (χ0) is 24.1. The first kappa shape index (κ1) is 23.3. The third-order valence-corrected chi connectivity index (χ3v) is 5.71. The van der Waals surface area contributed by atoms with Gasteiger partial charge in [-0.15, -0.1) is 0 Å². The molecule has 0 spiro atoms. The smallest absolute Gasteiger partial charge is 0.256 e. The van der Waals surface area contributed by atoms with Gasteiger partial charge in [0.05, 0.1) is 31.0 Å². The van der Waals surface area contributed by atoms with Crippen LogP contribution >= 0.6 is 12.2 Å². The molecule has 174 valence electrons. The SMILES string of the molecule is CCOc1ccc(NC(=O)C[C@H]2C(=O)N(c3ccc(F)cc3)C(=S)N2Cc2ccccn2)cc1. The van der Waals surface area contributed by atoms with Crippen LogP contribution in [0.1, 0.15) is 19.0 Å². The van der Waals surface area contributed by atoms with Gasteiger partial charge in [0.15, 0.2) is 5.11 Å². The second kappa shape index (κ2) is 10.4. The Morgan fingerprint density at radius 1 is 1.12 bits per heavy atom. The Morgan fingerprint density at radius 2 is 1.85 bits per heavy atom. The molecule has 1 aromatic heterocycles. The molecule has 0 radical (unpaired) electrons. The van der Waals surface area contributed by atoms with Crippen LogP contribution in [0.25, 0.3) is 0 Å². The van der Waals surface area contributed by atoms with Gasteiger partial charge >= 0.3 is 0 Å². The molecule has 1 aliphatic heterocycles. The highest BCUT2D eigenvalue weighted by Gasteiger charge is 2.44. The lowest BCUT2D eigenvalue weighted by Gasteiger charge is -2.23. The average molecular weight is 479 g/mol. The highest BCUT2D eigenvalue weighted by atomic mass is 32.1. The molecule has 4 rings (SSSR count). The molecule has 7 nitrogen and oxygen atoms in total. The maximum Gasteiger partial charge on any atom is 0.256 e. The van der Waals surface area contributed by atoms with Crippen LogP contribution < -0.4 is 15.0 Å². The van der Waals surface area contributed by atoms with Crippen LogP contribution in [0.3, 0.4) is 0 Å². The molecular formula is C25H23FN4O3S. The fourth-order valence-corrected chi connectivity index (χ4v) is 4.08. The third-order valence-electron chi connectivity index (χ3n) is 5.29. The number of rotatable bonds is 8. The maximum atomic E-state index is 13.4.